The van der Waals surface area contributed by atoms with Gasteiger partial charge >= 0.3 is 0 Å². The number of hydrogen-bond acceptors (Lipinski definition) is 4. The van der Waals surface area contributed by atoms with Crippen molar-refractivity contribution in [1.82, 2.24) is 19.7 Å². The van der Waals surface area contributed by atoms with Gasteiger partial charge in [-0.1, -0.05) is 29.7 Å². The van der Waals surface area contributed by atoms with Crippen molar-refractivity contribution in [2.75, 3.05) is 39.3 Å². The van der Waals surface area contributed by atoms with Gasteiger partial charge in [0.05, 0.1) is 0 Å². The van der Waals surface area contributed by atoms with E-state index in [9.17, 15) is 9.18 Å². The molecule has 0 atom stereocenters. The molecule has 1 aromatic carbocycles. The van der Waals surface area contributed by atoms with E-state index in [1.54, 1.807) is 0 Å². The Balaban J connectivity index is 1.22. The van der Waals surface area contributed by atoms with Crippen LogP contribution in [-0.4, -0.2) is 72.7 Å². The van der Waals surface area contributed by atoms with Gasteiger partial charge in [-0.2, -0.15) is 4.39 Å². The lowest BCUT2D eigenvalue weighted by atomic mass is 9.90. The van der Waals surface area contributed by atoms with Crippen LogP contribution in [0.1, 0.15) is 24.0 Å². The molecule has 0 saturated carbocycles. The number of carbonyl (C=O) groups excluding carboxylic acids is 1. The van der Waals surface area contributed by atoms with Gasteiger partial charge in [0.2, 0.25) is 11.9 Å². The monoisotopic (exact) mass is 406 g/mol. The van der Waals surface area contributed by atoms with Crippen LogP contribution >= 0.6 is 0 Å². The second-order valence-electron chi connectivity index (χ2n) is 8.34. The summed E-state index contributed by atoms with van der Waals surface area (Å²) >= 11 is 0. The standard InChI is InChI=1S/C23H28BFN4O/c24-21-4-2-1-3-20(21)17-28-11-13-29(14-12-28)23(30)19-6-9-27(10-7-19)16-18-5-8-26-22(25)15-18/h1-5,8,15,19H,6-7,9-14,16-17H2. The van der Waals surface area contributed by atoms with Crippen LogP contribution in [0.15, 0.2) is 42.6 Å². The van der Waals surface area contributed by atoms with Gasteiger partial charge < -0.3 is 4.90 Å². The third-order valence-corrected chi connectivity index (χ3v) is 6.27. The number of piperazine rings is 1. The normalized spacial score (nSPS) is 19.2. The Morgan fingerprint density at radius 3 is 2.40 bits per heavy atom. The van der Waals surface area contributed by atoms with E-state index in [-0.39, 0.29) is 5.92 Å². The Labute approximate surface area is 179 Å². The summed E-state index contributed by atoms with van der Waals surface area (Å²) in [4.78, 5) is 23.3. The van der Waals surface area contributed by atoms with Gasteiger partial charge in [-0.05, 0) is 49.2 Å². The van der Waals surface area contributed by atoms with E-state index in [0.29, 0.717) is 12.5 Å². The number of amides is 1. The number of nitrogens with zero attached hydrogens (tertiary/aromatic N) is 4. The minimum Gasteiger partial charge on any atom is -0.340 e. The molecule has 5 nitrogen and oxygen atoms in total. The highest BCUT2D eigenvalue weighted by atomic mass is 19.1. The lowest BCUT2D eigenvalue weighted by Crippen LogP contribution is -2.51. The van der Waals surface area contributed by atoms with E-state index < -0.39 is 5.95 Å². The largest absolute Gasteiger partial charge is 0.340 e. The van der Waals surface area contributed by atoms with Crippen LogP contribution in [0.25, 0.3) is 0 Å². The highest BCUT2D eigenvalue weighted by Gasteiger charge is 2.30. The van der Waals surface area contributed by atoms with Gasteiger partial charge in [0.1, 0.15) is 7.85 Å². The molecule has 30 heavy (non-hydrogen) atoms. The van der Waals surface area contributed by atoms with Crippen molar-refractivity contribution in [2.45, 2.75) is 25.9 Å². The fraction of sp³-hybridized carbons (Fsp3) is 0.478. The Bertz CT molecular complexity index is 864. The first-order chi connectivity index (χ1) is 14.6. The SMILES string of the molecule is [B]c1ccccc1CN1CCN(C(=O)C2CCN(Cc3ccnc(F)c3)CC2)CC1. The number of benzene rings is 1. The second-order valence-corrected chi connectivity index (χ2v) is 8.34. The molecule has 1 aromatic heterocycles. The first-order valence-corrected chi connectivity index (χ1v) is 10.8. The first kappa shape index (κ1) is 21.0. The third kappa shape index (κ3) is 5.26. The van der Waals surface area contributed by atoms with Crippen molar-refractivity contribution in [3.8, 4) is 0 Å². The molecule has 0 spiro atoms. The molecular weight excluding hydrogens is 378 g/mol. The second kappa shape index (κ2) is 9.71. The van der Waals surface area contributed by atoms with Gasteiger partial charge in [-0.3, -0.25) is 14.6 Å². The molecule has 0 bridgehead atoms. The summed E-state index contributed by atoms with van der Waals surface area (Å²) in [6, 6.07) is 11.3. The number of halogens is 1. The van der Waals surface area contributed by atoms with Gasteiger partial charge in [-0.25, -0.2) is 4.98 Å². The van der Waals surface area contributed by atoms with Crippen LogP contribution < -0.4 is 5.46 Å². The molecule has 2 fully saturated rings. The molecule has 2 aliphatic heterocycles. The molecule has 0 unspecified atom stereocenters. The van der Waals surface area contributed by atoms with Crippen LogP contribution in [0.4, 0.5) is 4.39 Å². The number of hydrogen-bond donors (Lipinski definition) is 0. The van der Waals surface area contributed by atoms with E-state index >= 15 is 0 Å². The molecule has 2 aromatic rings. The number of rotatable bonds is 5. The fourth-order valence-electron chi connectivity index (χ4n) is 4.44. The summed E-state index contributed by atoms with van der Waals surface area (Å²) in [5, 5.41) is 0. The Morgan fingerprint density at radius 2 is 1.70 bits per heavy atom. The zero-order valence-electron chi connectivity index (χ0n) is 17.3. The molecule has 0 aliphatic carbocycles. The molecule has 4 rings (SSSR count). The van der Waals surface area contributed by atoms with Crippen LogP contribution in [0.2, 0.25) is 0 Å². The Hall–Kier alpha value is -2.25. The summed E-state index contributed by atoms with van der Waals surface area (Å²) in [6.07, 6.45) is 3.24. The fourth-order valence-corrected chi connectivity index (χ4v) is 4.44. The Morgan fingerprint density at radius 1 is 1.00 bits per heavy atom. The van der Waals surface area contributed by atoms with Crippen molar-refractivity contribution in [3.63, 3.8) is 0 Å². The molecule has 3 heterocycles. The predicted octanol–water partition coefficient (Wildman–Crippen LogP) is 1.57. The molecule has 2 saturated heterocycles. The van der Waals surface area contributed by atoms with Crippen molar-refractivity contribution >= 4 is 19.2 Å². The average Bonchev–Trinajstić information content (AvgIpc) is 2.76. The van der Waals surface area contributed by atoms with Crippen molar-refractivity contribution in [3.05, 3.63) is 59.7 Å². The van der Waals surface area contributed by atoms with Crippen LogP contribution in [0, 0.1) is 11.9 Å². The van der Waals surface area contributed by atoms with Crippen molar-refractivity contribution < 1.29 is 9.18 Å². The summed E-state index contributed by atoms with van der Waals surface area (Å²) in [5.41, 5.74) is 2.92. The minimum absolute atomic E-state index is 0.103. The quantitative estimate of drug-likeness (QED) is 0.559. The van der Waals surface area contributed by atoms with Crippen LogP contribution in [0.3, 0.4) is 0 Å². The number of aromatic nitrogens is 1. The molecular formula is C23H28BFN4O. The molecule has 7 heteroatoms. The molecule has 2 aliphatic rings. The zero-order valence-corrected chi connectivity index (χ0v) is 17.3. The summed E-state index contributed by atoms with van der Waals surface area (Å²) in [5.74, 6) is -0.0399. The van der Waals surface area contributed by atoms with E-state index in [1.807, 2.05) is 29.2 Å². The van der Waals surface area contributed by atoms with Crippen molar-refractivity contribution in [2.24, 2.45) is 5.92 Å². The smallest absolute Gasteiger partial charge is 0.225 e. The molecule has 156 valence electrons. The average molecular weight is 406 g/mol. The van der Waals surface area contributed by atoms with Crippen LogP contribution in [-0.2, 0) is 17.9 Å². The number of piperidine rings is 1. The lowest BCUT2D eigenvalue weighted by Gasteiger charge is -2.38. The number of pyridine rings is 1. The first-order valence-electron chi connectivity index (χ1n) is 10.8. The van der Waals surface area contributed by atoms with Gasteiger partial charge in [0.25, 0.3) is 0 Å². The van der Waals surface area contributed by atoms with Crippen LogP contribution in [0.5, 0.6) is 0 Å². The van der Waals surface area contributed by atoms with Gasteiger partial charge in [0.15, 0.2) is 0 Å². The summed E-state index contributed by atoms with van der Waals surface area (Å²) < 4.78 is 13.3. The predicted molar refractivity (Wildman–Crippen MR) is 116 cm³/mol. The van der Waals surface area contributed by atoms with E-state index in [2.05, 4.69) is 20.9 Å². The van der Waals surface area contributed by atoms with E-state index in [1.165, 1.54) is 12.3 Å². The summed E-state index contributed by atoms with van der Waals surface area (Å²) in [6.45, 7) is 6.61. The maximum atomic E-state index is 13.3. The summed E-state index contributed by atoms with van der Waals surface area (Å²) in [7, 11) is 6.06. The highest BCUT2D eigenvalue weighted by Crippen LogP contribution is 2.22. The number of likely N-dealkylation sites (tertiary alicyclic amines) is 1. The van der Waals surface area contributed by atoms with Crippen molar-refractivity contribution in [1.29, 1.82) is 0 Å². The maximum Gasteiger partial charge on any atom is 0.225 e. The highest BCUT2D eigenvalue weighted by molar-refractivity contribution is 6.33. The lowest BCUT2D eigenvalue weighted by molar-refractivity contribution is -0.139. The molecule has 0 N–H and O–H groups in total. The topological polar surface area (TPSA) is 39.7 Å². The van der Waals surface area contributed by atoms with Gasteiger partial charge in [-0.15, -0.1) is 0 Å². The van der Waals surface area contributed by atoms with Gasteiger partial charge in [0, 0.05) is 51.4 Å². The molecule has 2 radical (unpaired) electrons. The van der Waals surface area contributed by atoms with E-state index in [0.717, 1.165) is 75.2 Å². The number of carbonyl (C=O) groups is 1. The van der Waals surface area contributed by atoms with E-state index in [4.69, 9.17) is 7.85 Å². The zero-order chi connectivity index (χ0) is 20.9. The minimum atomic E-state index is -0.438. The third-order valence-electron chi connectivity index (χ3n) is 6.27. The molecule has 1 amide bonds. The Kier molecular flexibility index (Phi) is 6.80. The maximum absolute atomic E-state index is 13.3.